The zero-order valence-corrected chi connectivity index (χ0v) is 11.3. The average molecular weight is 286 g/mol. The summed E-state index contributed by atoms with van der Waals surface area (Å²) in [4.78, 5) is 0. The molecule has 0 radical (unpaired) electrons. The van der Waals surface area contributed by atoms with Crippen LogP contribution in [0.25, 0.3) is 0 Å². The number of hydrogen-bond acceptors (Lipinski definition) is 3. The highest BCUT2D eigenvalue weighted by atomic mass is 35.5. The summed E-state index contributed by atoms with van der Waals surface area (Å²) in [5.41, 5.74) is 6.86. The molecular weight excluding hydrogens is 273 g/mol. The molecule has 0 saturated heterocycles. The number of benzene rings is 1. The highest BCUT2D eigenvalue weighted by molar-refractivity contribution is 6.42. The Hall–Kier alpha value is -1.000. The number of furan rings is 1. The molecular formula is C13H13Cl2NO2. The van der Waals surface area contributed by atoms with Crippen LogP contribution in [0.1, 0.15) is 23.1 Å². The first-order valence-electron chi connectivity index (χ1n) is 5.40. The zero-order valence-electron chi connectivity index (χ0n) is 9.82. The number of nitrogens with two attached hydrogens (primary N) is 1. The van der Waals surface area contributed by atoms with Crippen LogP contribution in [0.2, 0.25) is 10.0 Å². The molecule has 96 valence electrons. The fourth-order valence-corrected chi connectivity index (χ4v) is 2.12. The van der Waals surface area contributed by atoms with E-state index >= 15 is 0 Å². The first-order chi connectivity index (χ1) is 8.63. The molecule has 0 aliphatic heterocycles. The monoisotopic (exact) mass is 285 g/mol. The van der Waals surface area contributed by atoms with Gasteiger partial charge in [0.2, 0.25) is 0 Å². The molecule has 2 aromatic rings. The van der Waals surface area contributed by atoms with Crippen LogP contribution >= 0.6 is 23.2 Å². The number of rotatable bonds is 4. The van der Waals surface area contributed by atoms with Crippen molar-refractivity contribution in [3.63, 3.8) is 0 Å². The molecule has 5 heteroatoms. The minimum Gasteiger partial charge on any atom is -0.462 e. The molecule has 0 bridgehead atoms. The summed E-state index contributed by atoms with van der Waals surface area (Å²) in [6.45, 7) is 0.413. The van der Waals surface area contributed by atoms with Crippen molar-refractivity contribution in [3.8, 4) is 0 Å². The van der Waals surface area contributed by atoms with Gasteiger partial charge in [0.25, 0.3) is 0 Å². The quantitative estimate of drug-likeness (QED) is 0.930. The third kappa shape index (κ3) is 2.70. The maximum absolute atomic E-state index is 6.13. The lowest BCUT2D eigenvalue weighted by molar-refractivity contribution is 0.162. The van der Waals surface area contributed by atoms with Crippen molar-refractivity contribution in [1.82, 2.24) is 0 Å². The SMILES string of the molecule is COCc1ccc(C(N)c2cccc(Cl)c2Cl)o1. The number of methoxy groups -OCH3 is 1. The van der Waals surface area contributed by atoms with Crippen LogP contribution in [0.4, 0.5) is 0 Å². The third-order valence-corrected chi connectivity index (χ3v) is 3.43. The van der Waals surface area contributed by atoms with Gasteiger partial charge in [0, 0.05) is 7.11 Å². The molecule has 1 aromatic carbocycles. The Bertz CT molecular complexity index is 540. The van der Waals surface area contributed by atoms with Crippen LogP contribution in [0.15, 0.2) is 34.7 Å². The van der Waals surface area contributed by atoms with Gasteiger partial charge in [0.05, 0.1) is 16.1 Å². The van der Waals surface area contributed by atoms with E-state index in [4.69, 9.17) is 38.1 Å². The summed E-state index contributed by atoms with van der Waals surface area (Å²) in [7, 11) is 1.61. The predicted octanol–water partition coefficient (Wildman–Crippen LogP) is 3.78. The molecule has 1 atom stereocenters. The lowest BCUT2D eigenvalue weighted by Crippen LogP contribution is -2.11. The topological polar surface area (TPSA) is 48.4 Å². The summed E-state index contributed by atoms with van der Waals surface area (Å²) in [5, 5.41) is 0.935. The Balaban J connectivity index is 2.29. The highest BCUT2D eigenvalue weighted by Crippen LogP contribution is 2.32. The number of hydrogen-bond donors (Lipinski definition) is 1. The van der Waals surface area contributed by atoms with Crippen LogP contribution in [-0.4, -0.2) is 7.11 Å². The molecule has 2 rings (SSSR count). The van der Waals surface area contributed by atoms with Crippen molar-refractivity contribution < 1.29 is 9.15 Å². The van der Waals surface area contributed by atoms with Gasteiger partial charge in [-0.15, -0.1) is 0 Å². The maximum atomic E-state index is 6.13. The Morgan fingerprint density at radius 1 is 1.28 bits per heavy atom. The second-order valence-corrected chi connectivity index (χ2v) is 4.64. The fourth-order valence-electron chi connectivity index (χ4n) is 1.70. The van der Waals surface area contributed by atoms with Gasteiger partial charge < -0.3 is 14.9 Å². The second kappa shape index (κ2) is 5.76. The second-order valence-electron chi connectivity index (χ2n) is 3.86. The van der Waals surface area contributed by atoms with Crippen LogP contribution in [0.5, 0.6) is 0 Å². The molecule has 18 heavy (non-hydrogen) atoms. The van der Waals surface area contributed by atoms with Crippen molar-refractivity contribution in [2.45, 2.75) is 12.6 Å². The first-order valence-corrected chi connectivity index (χ1v) is 6.16. The van der Waals surface area contributed by atoms with E-state index in [1.807, 2.05) is 24.3 Å². The average Bonchev–Trinajstić information content (AvgIpc) is 2.81. The summed E-state index contributed by atoms with van der Waals surface area (Å²) in [6, 6.07) is 8.56. The number of ether oxygens (including phenoxy) is 1. The maximum Gasteiger partial charge on any atom is 0.129 e. The molecule has 2 N–H and O–H groups in total. The van der Waals surface area contributed by atoms with E-state index < -0.39 is 6.04 Å². The third-order valence-electron chi connectivity index (χ3n) is 2.59. The molecule has 1 unspecified atom stereocenters. The van der Waals surface area contributed by atoms with Crippen LogP contribution in [0, 0.1) is 0 Å². The lowest BCUT2D eigenvalue weighted by atomic mass is 10.1. The van der Waals surface area contributed by atoms with Gasteiger partial charge in [0.15, 0.2) is 0 Å². The smallest absolute Gasteiger partial charge is 0.129 e. The molecule has 0 spiro atoms. The van der Waals surface area contributed by atoms with Crippen molar-refractivity contribution in [2.24, 2.45) is 5.73 Å². The minimum absolute atomic E-state index is 0.413. The van der Waals surface area contributed by atoms with Gasteiger partial charge in [-0.25, -0.2) is 0 Å². The Kier molecular flexibility index (Phi) is 4.30. The molecule has 0 aliphatic rings. The standard InChI is InChI=1S/C13H13Cl2NO2/c1-17-7-8-5-6-11(18-8)13(16)9-3-2-4-10(14)12(9)15/h2-6,13H,7,16H2,1H3. The molecule has 1 aromatic heterocycles. The largest absolute Gasteiger partial charge is 0.462 e. The van der Waals surface area contributed by atoms with E-state index in [0.29, 0.717) is 22.4 Å². The van der Waals surface area contributed by atoms with Gasteiger partial charge >= 0.3 is 0 Å². The van der Waals surface area contributed by atoms with Gasteiger partial charge in [-0.05, 0) is 23.8 Å². The van der Waals surface area contributed by atoms with Gasteiger partial charge in [-0.2, -0.15) is 0 Å². The van der Waals surface area contributed by atoms with Crippen molar-refractivity contribution in [3.05, 3.63) is 57.5 Å². The van der Waals surface area contributed by atoms with Crippen molar-refractivity contribution in [2.75, 3.05) is 7.11 Å². The predicted molar refractivity (Wildman–Crippen MR) is 71.9 cm³/mol. The van der Waals surface area contributed by atoms with Crippen molar-refractivity contribution in [1.29, 1.82) is 0 Å². The Morgan fingerprint density at radius 3 is 2.78 bits per heavy atom. The molecule has 0 saturated carbocycles. The van der Waals surface area contributed by atoms with Crippen LogP contribution in [-0.2, 0) is 11.3 Å². The molecule has 3 nitrogen and oxygen atoms in total. The van der Waals surface area contributed by atoms with E-state index in [-0.39, 0.29) is 0 Å². The van der Waals surface area contributed by atoms with E-state index in [0.717, 1.165) is 11.3 Å². The van der Waals surface area contributed by atoms with Crippen molar-refractivity contribution >= 4 is 23.2 Å². The Labute approximate surface area is 115 Å². The summed E-state index contributed by atoms with van der Waals surface area (Å²) in [5.74, 6) is 1.35. The summed E-state index contributed by atoms with van der Waals surface area (Å²) < 4.78 is 10.6. The summed E-state index contributed by atoms with van der Waals surface area (Å²) in [6.07, 6.45) is 0. The lowest BCUT2D eigenvalue weighted by Gasteiger charge is -2.12. The fraction of sp³-hybridized carbons (Fsp3) is 0.231. The van der Waals surface area contributed by atoms with E-state index in [1.165, 1.54) is 0 Å². The van der Waals surface area contributed by atoms with E-state index in [1.54, 1.807) is 13.2 Å². The normalized spacial score (nSPS) is 12.7. The van der Waals surface area contributed by atoms with Crippen LogP contribution in [0.3, 0.4) is 0 Å². The minimum atomic E-state index is -0.443. The van der Waals surface area contributed by atoms with Gasteiger partial charge in [-0.1, -0.05) is 35.3 Å². The molecule has 0 amide bonds. The molecule has 0 fully saturated rings. The number of halogens is 2. The molecule has 1 heterocycles. The highest BCUT2D eigenvalue weighted by Gasteiger charge is 2.17. The molecule has 0 aliphatic carbocycles. The van der Waals surface area contributed by atoms with Gasteiger partial charge in [0.1, 0.15) is 18.1 Å². The summed E-state index contributed by atoms with van der Waals surface area (Å²) >= 11 is 12.1. The van der Waals surface area contributed by atoms with E-state index in [2.05, 4.69) is 0 Å². The first kappa shape index (κ1) is 13.4. The zero-order chi connectivity index (χ0) is 13.1. The van der Waals surface area contributed by atoms with E-state index in [9.17, 15) is 0 Å². The van der Waals surface area contributed by atoms with Gasteiger partial charge in [-0.3, -0.25) is 0 Å². The Morgan fingerprint density at radius 2 is 2.06 bits per heavy atom. The van der Waals surface area contributed by atoms with Crippen LogP contribution < -0.4 is 5.73 Å².